The van der Waals surface area contributed by atoms with Crippen molar-refractivity contribution in [2.24, 2.45) is 0 Å². The van der Waals surface area contributed by atoms with Gasteiger partial charge in [-0.25, -0.2) is 12.8 Å². The minimum Gasteiger partial charge on any atom is -0.487 e. The molecule has 0 unspecified atom stereocenters. The highest BCUT2D eigenvalue weighted by Gasteiger charge is 2.34. The summed E-state index contributed by atoms with van der Waals surface area (Å²) in [6.45, 7) is 3.93. The molecule has 2 aromatic rings. The average molecular weight is 391 g/mol. The van der Waals surface area contributed by atoms with E-state index in [1.165, 1.54) is 22.5 Å². The Morgan fingerprint density at radius 2 is 1.63 bits per heavy atom. The summed E-state index contributed by atoms with van der Waals surface area (Å²) in [5.41, 5.74) is 1.34. The van der Waals surface area contributed by atoms with Crippen molar-refractivity contribution in [3.63, 3.8) is 0 Å². The monoisotopic (exact) mass is 391 g/mol. The standard InChI is InChI=1S/C19H22FN3O3S/c1-21-9-11-22(12-10-21)16-6-4-7-17-19(16)26-14-13-23(17)27(24,25)18-8-3-2-5-15(18)20/h2-8H,9-14H2,1H3. The minimum absolute atomic E-state index is 0.149. The van der Waals surface area contributed by atoms with Crippen molar-refractivity contribution in [3.8, 4) is 5.75 Å². The molecule has 0 aliphatic carbocycles. The van der Waals surface area contributed by atoms with Crippen molar-refractivity contribution in [1.29, 1.82) is 0 Å². The van der Waals surface area contributed by atoms with Crippen LogP contribution in [0.1, 0.15) is 0 Å². The molecular weight excluding hydrogens is 369 g/mol. The number of hydrogen-bond donors (Lipinski definition) is 0. The maximum atomic E-state index is 14.2. The van der Waals surface area contributed by atoms with Gasteiger partial charge in [-0.2, -0.15) is 0 Å². The van der Waals surface area contributed by atoms with E-state index in [0.717, 1.165) is 37.9 Å². The van der Waals surface area contributed by atoms with Crippen LogP contribution in [-0.4, -0.2) is 59.7 Å². The molecule has 6 nitrogen and oxygen atoms in total. The summed E-state index contributed by atoms with van der Waals surface area (Å²) in [6.07, 6.45) is 0. The molecule has 0 amide bonds. The van der Waals surface area contributed by atoms with E-state index in [-0.39, 0.29) is 18.0 Å². The zero-order chi connectivity index (χ0) is 19.0. The lowest BCUT2D eigenvalue weighted by Gasteiger charge is -2.37. The number of halogens is 1. The maximum Gasteiger partial charge on any atom is 0.267 e. The van der Waals surface area contributed by atoms with E-state index in [1.807, 2.05) is 12.1 Å². The van der Waals surface area contributed by atoms with Gasteiger partial charge in [0, 0.05) is 26.2 Å². The van der Waals surface area contributed by atoms with E-state index in [9.17, 15) is 12.8 Å². The van der Waals surface area contributed by atoms with Gasteiger partial charge in [0.1, 0.15) is 17.3 Å². The quantitative estimate of drug-likeness (QED) is 0.803. The van der Waals surface area contributed by atoms with E-state index in [1.54, 1.807) is 6.07 Å². The fraction of sp³-hybridized carbons (Fsp3) is 0.368. The normalized spacial score (nSPS) is 18.1. The Morgan fingerprint density at radius 3 is 2.37 bits per heavy atom. The molecule has 0 saturated carbocycles. The Balaban J connectivity index is 1.74. The predicted molar refractivity (Wildman–Crippen MR) is 103 cm³/mol. The second kappa shape index (κ2) is 7.01. The molecule has 4 rings (SSSR count). The summed E-state index contributed by atoms with van der Waals surface area (Å²) < 4.78 is 47.5. The van der Waals surface area contributed by atoms with Crippen LogP contribution in [-0.2, 0) is 10.0 Å². The summed E-state index contributed by atoms with van der Waals surface area (Å²) in [5.74, 6) is -0.200. The first-order valence-electron chi connectivity index (χ1n) is 8.95. The van der Waals surface area contributed by atoms with Crippen molar-refractivity contribution < 1.29 is 17.5 Å². The fourth-order valence-electron chi connectivity index (χ4n) is 3.53. The SMILES string of the molecule is CN1CCN(c2cccc3c2OCCN3S(=O)(=O)c2ccccc2F)CC1. The van der Waals surface area contributed by atoms with E-state index in [4.69, 9.17) is 4.74 Å². The lowest BCUT2D eigenvalue weighted by atomic mass is 10.2. The van der Waals surface area contributed by atoms with Crippen molar-refractivity contribution in [2.75, 3.05) is 55.6 Å². The molecule has 0 atom stereocenters. The van der Waals surface area contributed by atoms with Gasteiger partial charge in [0.15, 0.2) is 5.75 Å². The van der Waals surface area contributed by atoms with Crippen LogP contribution in [0.3, 0.4) is 0 Å². The van der Waals surface area contributed by atoms with Gasteiger partial charge in [-0.3, -0.25) is 4.31 Å². The summed E-state index contributed by atoms with van der Waals surface area (Å²) in [4.78, 5) is 4.14. The fourth-order valence-corrected chi connectivity index (χ4v) is 5.05. The van der Waals surface area contributed by atoms with Crippen LogP contribution in [0.5, 0.6) is 5.75 Å². The first-order chi connectivity index (χ1) is 13.0. The van der Waals surface area contributed by atoms with Crippen LogP contribution in [0.25, 0.3) is 0 Å². The lowest BCUT2D eigenvalue weighted by molar-refractivity contribution is 0.301. The smallest absolute Gasteiger partial charge is 0.267 e. The Kier molecular flexibility index (Phi) is 4.69. The zero-order valence-electron chi connectivity index (χ0n) is 15.1. The van der Waals surface area contributed by atoms with Crippen LogP contribution in [0, 0.1) is 5.82 Å². The number of para-hydroxylation sites is 1. The third kappa shape index (κ3) is 3.23. The van der Waals surface area contributed by atoms with Crippen LogP contribution < -0.4 is 13.9 Å². The van der Waals surface area contributed by atoms with E-state index < -0.39 is 15.8 Å². The highest BCUT2D eigenvalue weighted by molar-refractivity contribution is 7.92. The molecule has 0 spiro atoms. The molecule has 2 aromatic carbocycles. The number of hydrogen-bond acceptors (Lipinski definition) is 5. The van der Waals surface area contributed by atoms with Crippen molar-refractivity contribution >= 4 is 21.4 Å². The number of nitrogens with zero attached hydrogens (tertiary/aromatic N) is 3. The van der Waals surface area contributed by atoms with Gasteiger partial charge < -0.3 is 14.5 Å². The maximum absolute atomic E-state index is 14.2. The number of fused-ring (bicyclic) bond motifs is 1. The van der Waals surface area contributed by atoms with Crippen LogP contribution in [0.4, 0.5) is 15.8 Å². The van der Waals surface area contributed by atoms with Crippen molar-refractivity contribution in [1.82, 2.24) is 4.90 Å². The lowest BCUT2D eigenvalue weighted by Crippen LogP contribution is -2.45. The van der Waals surface area contributed by atoms with Gasteiger partial charge >= 0.3 is 0 Å². The Labute approximate surface area is 158 Å². The molecule has 27 heavy (non-hydrogen) atoms. The number of benzene rings is 2. The van der Waals surface area contributed by atoms with Gasteiger partial charge in [0.05, 0.1) is 17.9 Å². The molecule has 1 saturated heterocycles. The average Bonchev–Trinajstić information content (AvgIpc) is 2.68. The van der Waals surface area contributed by atoms with Crippen LogP contribution >= 0.6 is 0 Å². The first-order valence-corrected chi connectivity index (χ1v) is 10.4. The Hall–Kier alpha value is -2.32. The molecule has 2 aliphatic rings. The van der Waals surface area contributed by atoms with E-state index >= 15 is 0 Å². The molecule has 0 bridgehead atoms. The number of rotatable bonds is 3. The van der Waals surface area contributed by atoms with Crippen LogP contribution in [0.15, 0.2) is 47.4 Å². The van der Waals surface area contributed by atoms with E-state index in [2.05, 4.69) is 16.8 Å². The predicted octanol–water partition coefficient (Wildman–Crippen LogP) is 2.17. The minimum atomic E-state index is -4.01. The third-order valence-electron chi connectivity index (χ3n) is 5.03. The molecule has 0 radical (unpaired) electrons. The first kappa shape index (κ1) is 18.1. The topological polar surface area (TPSA) is 53.1 Å². The molecular formula is C19H22FN3O3S. The molecule has 0 N–H and O–H groups in total. The molecule has 2 heterocycles. The highest BCUT2D eigenvalue weighted by atomic mass is 32.2. The summed E-state index contributed by atoms with van der Waals surface area (Å²) in [6, 6.07) is 10.9. The van der Waals surface area contributed by atoms with Crippen molar-refractivity contribution in [2.45, 2.75) is 4.90 Å². The van der Waals surface area contributed by atoms with Gasteiger partial charge in [0.25, 0.3) is 10.0 Å². The molecule has 8 heteroatoms. The van der Waals surface area contributed by atoms with Gasteiger partial charge in [-0.05, 0) is 31.3 Å². The van der Waals surface area contributed by atoms with Crippen LogP contribution in [0.2, 0.25) is 0 Å². The number of likely N-dealkylation sites (N-methyl/N-ethyl adjacent to an activating group) is 1. The van der Waals surface area contributed by atoms with Gasteiger partial charge in [-0.15, -0.1) is 0 Å². The number of ether oxygens (including phenoxy) is 1. The molecule has 2 aliphatic heterocycles. The molecule has 0 aromatic heterocycles. The third-order valence-corrected chi connectivity index (χ3v) is 6.88. The number of sulfonamides is 1. The summed E-state index contributed by atoms with van der Waals surface area (Å²) in [7, 11) is -1.93. The van der Waals surface area contributed by atoms with E-state index in [0.29, 0.717) is 11.4 Å². The zero-order valence-corrected chi connectivity index (χ0v) is 16.0. The summed E-state index contributed by atoms with van der Waals surface area (Å²) >= 11 is 0. The Bertz CT molecular complexity index is 943. The highest BCUT2D eigenvalue weighted by Crippen LogP contribution is 2.42. The number of anilines is 2. The molecule has 144 valence electrons. The Morgan fingerprint density at radius 1 is 0.926 bits per heavy atom. The second-order valence-corrected chi connectivity index (χ2v) is 8.60. The van der Waals surface area contributed by atoms with Crippen molar-refractivity contribution in [3.05, 3.63) is 48.3 Å². The summed E-state index contributed by atoms with van der Waals surface area (Å²) in [5, 5.41) is 0. The van der Waals surface area contributed by atoms with Gasteiger partial charge in [-0.1, -0.05) is 18.2 Å². The largest absolute Gasteiger partial charge is 0.487 e. The molecule has 1 fully saturated rings. The number of piperazine rings is 1. The second-order valence-electron chi connectivity index (χ2n) is 6.77. The van der Waals surface area contributed by atoms with Gasteiger partial charge in [0.2, 0.25) is 0 Å².